The molecular formula is C15H21N3O3. The minimum atomic E-state index is -0.443. The third-order valence-electron chi connectivity index (χ3n) is 3.94. The van der Waals surface area contributed by atoms with Crippen LogP contribution in [0.1, 0.15) is 31.2 Å². The molecule has 0 spiro atoms. The van der Waals surface area contributed by atoms with Crippen molar-refractivity contribution in [3.05, 3.63) is 39.9 Å². The highest BCUT2D eigenvalue weighted by molar-refractivity contribution is 5.83. The Morgan fingerprint density at radius 3 is 3.05 bits per heavy atom. The molecule has 1 aromatic carbocycles. The first kappa shape index (κ1) is 15.4. The van der Waals surface area contributed by atoms with Gasteiger partial charge >= 0.3 is 0 Å². The number of hydrogen-bond acceptors (Lipinski definition) is 4. The zero-order chi connectivity index (χ0) is 15.2. The number of non-ortho nitro benzene ring substituents is 1. The van der Waals surface area contributed by atoms with E-state index in [4.69, 9.17) is 0 Å². The van der Waals surface area contributed by atoms with Crippen LogP contribution in [0.3, 0.4) is 0 Å². The van der Waals surface area contributed by atoms with E-state index in [0.29, 0.717) is 18.0 Å². The van der Waals surface area contributed by atoms with E-state index < -0.39 is 4.92 Å². The highest BCUT2D eigenvalue weighted by Crippen LogP contribution is 2.21. The smallest absolute Gasteiger partial charge is 0.269 e. The summed E-state index contributed by atoms with van der Waals surface area (Å²) < 4.78 is 0. The summed E-state index contributed by atoms with van der Waals surface area (Å²) in [5.41, 5.74) is 0.687. The summed E-state index contributed by atoms with van der Waals surface area (Å²) in [7, 11) is 0. The third-order valence-corrected chi connectivity index (χ3v) is 3.94. The van der Waals surface area contributed by atoms with Crippen molar-refractivity contribution >= 4 is 11.6 Å². The van der Waals surface area contributed by atoms with Gasteiger partial charge in [-0.3, -0.25) is 14.9 Å². The predicted molar refractivity (Wildman–Crippen MR) is 80.1 cm³/mol. The summed E-state index contributed by atoms with van der Waals surface area (Å²) in [5.74, 6) is 0.00234. The quantitative estimate of drug-likeness (QED) is 0.640. The van der Waals surface area contributed by atoms with Crippen molar-refractivity contribution < 1.29 is 9.72 Å². The van der Waals surface area contributed by atoms with E-state index in [1.807, 2.05) is 0 Å². The number of rotatable bonds is 5. The highest BCUT2D eigenvalue weighted by Gasteiger charge is 2.19. The Morgan fingerprint density at radius 1 is 1.57 bits per heavy atom. The van der Waals surface area contributed by atoms with Crippen LogP contribution >= 0.6 is 0 Å². The number of nitro benzene ring substituents is 1. The highest BCUT2D eigenvalue weighted by atomic mass is 16.6. The van der Waals surface area contributed by atoms with Crippen LogP contribution < -0.4 is 10.6 Å². The van der Waals surface area contributed by atoms with E-state index in [2.05, 4.69) is 10.6 Å². The maximum Gasteiger partial charge on any atom is 0.269 e. The summed E-state index contributed by atoms with van der Waals surface area (Å²) in [6, 6.07) is 6.26. The van der Waals surface area contributed by atoms with Crippen LogP contribution in [-0.2, 0) is 4.79 Å². The lowest BCUT2D eigenvalue weighted by Crippen LogP contribution is -2.39. The molecule has 0 saturated carbocycles. The Morgan fingerprint density at radius 2 is 2.38 bits per heavy atom. The third kappa shape index (κ3) is 4.26. The average molecular weight is 291 g/mol. The lowest BCUT2D eigenvalue weighted by atomic mass is 9.97. The van der Waals surface area contributed by atoms with Gasteiger partial charge in [0, 0.05) is 18.7 Å². The molecule has 1 aromatic rings. The molecule has 2 atom stereocenters. The fourth-order valence-electron chi connectivity index (χ4n) is 2.56. The molecule has 0 aliphatic carbocycles. The van der Waals surface area contributed by atoms with E-state index >= 15 is 0 Å². The van der Waals surface area contributed by atoms with E-state index in [9.17, 15) is 14.9 Å². The van der Waals surface area contributed by atoms with Crippen LogP contribution in [0.15, 0.2) is 24.3 Å². The molecule has 6 nitrogen and oxygen atoms in total. The number of carbonyl (C=O) groups is 1. The molecule has 1 heterocycles. The first-order valence-electron chi connectivity index (χ1n) is 7.30. The largest absolute Gasteiger partial charge is 0.355 e. The van der Waals surface area contributed by atoms with Crippen molar-refractivity contribution in [2.24, 2.45) is 5.92 Å². The maximum atomic E-state index is 12.2. The average Bonchev–Trinajstić information content (AvgIpc) is 2.53. The molecule has 2 rings (SSSR count). The van der Waals surface area contributed by atoms with Gasteiger partial charge < -0.3 is 10.6 Å². The van der Waals surface area contributed by atoms with Gasteiger partial charge in [0.05, 0.1) is 10.8 Å². The zero-order valence-corrected chi connectivity index (χ0v) is 12.2. The maximum absolute atomic E-state index is 12.2. The standard InChI is InChI=1S/C15H21N3O3/c1-11(13-5-2-6-14(8-13)18(20)21)15(19)17-10-12-4-3-7-16-9-12/h2,5-6,8,11-12,16H,3-4,7,9-10H2,1H3,(H,17,19). The van der Waals surface area contributed by atoms with Crippen LogP contribution in [0.2, 0.25) is 0 Å². The molecule has 1 aliphatic rings. The van der Waals surface area contributed by atoms with Crippen LogP contribution in [0.25, 0.3) is 0 Å². The number of piperidine rings is 1. The molecule has 1 aliphatic heterocycles. The van der Waals surface area contributed by atoms with E-state index in [1.54, 1.807) is 19.1 Å². The molecule has 0 radical (unpaired) electrons. The zero-order valence-electron chi connectivity index (χ0n) is 12.2. The molecule has 2 N–H and O–H groups in total. The summed E-state index contributed by atoms with van der Waals surface area (Å²) in [6.45, 7) is 4.42. The van der Waals surface area contributed by atoms with Gasteiger partial charge in [-0.05, 0) is 44.3 Å². The van der Waals surface area contributed by atoms with E-state index in [0.717, 1.165) is 25.9 Å². The van der Waals surface area contributed by atoms with Crippen molar-refractivity contribution in [2.45, 2.75) is 25.7 Å². The first-order chi connectivity index (χ1) is 10.1. The van der Waals surface area contributed by atoms with Crippen molar-refractivity contribution in [1.82, 2.24) is 10.6 Å². The second-order valence-electron chi connectivity index (χ2n) is 5.53. The van der Waals surface area contributed by atoms with Gasteiger partial charge in [-0.25, -0.2) is 0 Å². The summed E-state index contributed by atoms with van der Waals surface area (Å²) in [6.07, 6.45) is 2.26. The molecule has 1 amide bonds. The second kappa shape index (κ2) is 7.17. The van der Waals surface area contributed by atoms with Crippen molar-refractivity contribution in [3.63, 3.8) is 0 Å². The SMILES string of the molecule is CC(C(=O)NCC1CCCNC1)c1cccc([N+](=O)[O-])c1. The van der Waals surface area contributed by atoms with Crippen LogP contribution in [-0.4, -0.2) is 30.5 Å². The monoisotopic (exact) mass is 291 g/mol. The normalized spacial score (nSPS) is 19.8. The van der Waals surface area contributed by atoms with Crippen molar-refractivity contribution in [2.75, 3.05) is 19.6 Å². The molecule has 0 aromatic heterocycles. The number of benzene rings is 1. The number of carbonyl (C=O) groups excluding carboxylic acids is 1. The molecular weight excluding hydrogens is 270 g/mol. The Bertz CT molecular complexity index is 513. The second-order valence-corrected chi connectivity index (χ2v) is 5.53. The number of hydrogen-bond donors (Lipinski definition) is 2. The van der Waals surface area contributed by atoms with Crippen LogP contribution in [0.5, 0.6) is 0 Å². The Kier molecular flexibility index (Phi) is 5.27. The number of nitrogens with zero attached hydrogens (tertiary/aromatic N) is 1. The van der Waals surface area contributed by atoms with Gasteiger partial charge in [-0.1, -0.05) is 12.1 Å². The molecule has 114 valence electrons. The van der Waals surface area contributed by atoms with Gasteiger partial charge in [0.1, 0.15) is 0 Å². The molecule has 21 heavy (non-hydrogen) atoms. The predicted octanol–water partition coefficient (Wildman–Crippen LogP) is 1.81. The fourth-order valence-corrected chi connectivity index (χ4v) is 2.56. The number of amides is 1. The van der Waals surface area contributed by atoms with Crippen molar-refractivity contribution in [1.29, 1.82) is 0 Å². The molecule has 0 bridgehead atoms. The minimum Gasteiger partial charge on any atom is -0.355 e. The Hall–Kier alpha value is -1.95. The lowest BCUT2D eigenvalue weighted by molar-refractivity contribution is -0.384. The summed E-state index contributed by atoms with van der Waals surface area (Å²) in [5, 5.41) is 17.0. The minimum absolute atomic E-state index is 0.0173. The molecule has 6 heteroatoms. The summed E-state index contributed by atoms with van der Waals surface area (Å²) in [4.78, 5) is 22.5. The van der Waals surface area contributed by atoms with E-state index in [1.165, 1.54) is 12.1 Å². The number of nitro groups is 1. The van der Waals surface area contributed by atoms with E-state index in [-0.39, 0.29) is 17.5 Å². The van der Waals surface area contributed by atoms with Gasteiger partial charge in [0.15, 0.2) is 0 Å². The van der Waals surface area contributed by atoms with Crippen LogP contribution in [0, 0.1) is 16.0 Å². The molecule has 2 unspecified atom stereocenters. The summed E-state index contributed by atoms with van der Waals surface area (Å²) >= 11 is 0. The van der Waals surface area contributed by atoms with Gasteiger partial charge in [-0.2, -0.15) is 0 Å². The first-order valence-corrected chi connectivity index (χ1v) is 7.30. The molecule has 1 fully saturated rings. The van der Waals surface area contributed by atoms with Gasteiger partial charge in [0.2, 0.25) is 5.91 Å². The Labute approximate surface area is 124 Å². The fraction of sp³-hybridized carbons (Fsp3) is 0.533. The number of nitrogens with one attached hydrogen (secondary N) is 2. The molecule has 1 saturated heterocycles. The van der Waals surface area contributed by atoms with Crippen LogP contribution in [0.4, 0.5) is 5.69 Å². The Balaban J connectivity index is 1.92. The topological polar surface area (TPSA) is 84.3 Å². The van der Waals surface area contributed by atoms with Gasteiger partial charge in [-0.15, -0.1) is 0 Å². The van der Waals surface area contributed by atoms with Gasteiger partial charge in [0.25, 0.3) is 5.69 Å². The van der Waals surface area contributed by atoms with Crippen molar-refractivity contribution in [3.8, 4) is 0 Å². The lowest BCUT2D eigenvalue weighted by Gasteiger charge is -2.23.